The molecule has 24 heavy (non-hydrogen) atoms. The number of aromatic nitrogens is 2. The van der Waals surface area contributed by atoms with Crippen LogP contribution >= 0.6 is 11.8 Å². The van der Waals surface area contributed by atoms with Crippen LogP contribution in [0.2, 0.25) is 0 Å². The summed E-state index contributed by atoms with van der Waals surface area (Å²) >= 11 is 1.82. The van der Waals surface area contributed by atoms with Crippen LogP contribution in [-0.4, -0.2) is 58.2 Å². The van der Waals surface area contributed by atoms with Crippen molar-refractivity contribution < 1.29 is 0 Å². The van der Waals surface area contributed by atoms with E-state index in [1.807, 2.05) is 11.8 Å². The monoisotopic (exact) mass is 350 g/mol. The molecule has 136 valence electrons. The lowest BCUT2D eigenvalue weighted by Crippen LogP contribution is -2.30. The van der Waals surface area contributed by atoms with Crippen LogP contribution in [-0.2, 0) is 6.54 Å². The molecular weight excluding hydrogens is 316 g/mol. The van der Waals surface area contributed by atoms with Gasteiger partial charge in [0.1, 0.15) is 0 Å². The van der Waals surface area contributed by atoms with Crippen LogP contribution in [0.1, 0.15) is 57.3 Å². The zero-order valence-corrected chi connectivity index (χ0v) is 16.6. The van der Waals surface area contributed by atoms with Crippen LogP contribution in [0.4, 0.5) is 0 Å². The lowest BCUT2D eigenvalue weighted by Gasteiger charge is -2.20. The molecule has 0 N–H and O–H groups in total. The van der Waals surface area contributed by atoms with Gasteiger partial charge in [0.05, 0.1) is 5.69 Å². The van der Waals surface area contributed by atoms with Crippen molar-refractivity contribution in [2.75, 3.05) is 38.5 Å². The molecule has 1 aliphatic rings. The maximum atomic E-state index is 4.81. The molecule has 0 radical (unpaired) electrons. The van der Waals surface area contributed by atoms with Crippen molar-refractivity contribution in [3.63, 3.8) is 0 Å². The summed E-state index contributed by atoms with van der Waals surface area (Å²) in [6.45, 7) is 13.5. The highest BCUT2D eigenvalue weighted by Gasteiger charge is 2.15. The van der Waals surface area contributed by atoms with E-state index in [0.717, 1.165) is 29.7 Å². The fraction of sp³-hybridized carbons (Fsp3) is 0.789. The predicted octanol–water partition coefficient (Wildman–Crippen LogP) is 3.99. The van der Waals surface area contributed by atoms with Crippen molar-refractivity contribution in [2.45, 2.75) is 64.6 Å². The number of hydrogen-bond acceptors (Lipinski definition) is 5. The summed E-state index contributed by atoms with van der Waals surface area (Å²) in [5, 5.41) is 0.964. The first-order valence-electron chi connectivity index (χ1n) is 9.63. The van der Waals surface area contributed by atoms with Crippen molar-refractivity contribution >= 4 is 11.8 Å². The lowest BCUT2D eigenvalue weighted by molar-refractivity contribution is 0.255. The predicted molar refractivity (Wildman–Crippen MR) is 104 cm³/mol. The Hall–Kier alpha value is -0.650. The molecule has 0 bridgehead atoms. The molecule has 0 unspecified atom stereocenters. The van der Waals surface area contributed by atoms with Crippen molar-refractivity contribution in [3.05, 3.63) is 17.5 Å². The van der Waals surface area contributed by atoms with Crippen molar-refractivity contribution in [1.82, 2.24) is 19.8 Å². The molecule has 1 aromatic heterocycles. The van der Waals surface area contributed by atoms with Gasteiger partial charge in [0, 0.05) is 31.1 Å². The molecular formula is C19H34N4S. The lowest BCUT2D eigenvalue weighted by atomic mass is 10.2. The molecule has 1 saturated heterocycles. The summed E-state index contributed by atoms with van der Waals surface area (Å²) in [7, 11) is 0. The molecule has 1 fully saturated rings. The molecule has 2 rings (SSSR count). The van der Waals surface area contributed by atoms with Gasteiger partial charge in [-0.3, -0.25) is 4.90 Å². The minimum absolute atomic E-state index is 0.963. The van der Waals surface area contributed by atoms with Crippen molar-refractivity contribution in [1.29, 1.82) is 0 Å². The number of thioether (sulfide) groups is 1. The summed E-state index contributed by atoms with van der Waals surface area (Å²) in [4.78, 5) is 14.5. The van der Waals surface area contributed by atoms with Crippen LogP contribution in [0.15, 0.2) is 11.2 Å². The Balaban J connectivity index is 1.85. The molecule has 0 amide bonds. The van der Waals surface area contributed by atoms with Gasteiger partial charge in [-0.25, -0.2) is 9.97 Å². The topological polar surface area (TPSA) is 32.3 Å². The Kier molecular flexibility index (Phi) is 9.07. The third-order valence-corrected chi connectivity index (χ3v) is 5.56. The Morgan fingerprint density at radius 2 is 1.79 bits per heavy atom. The van der Waals surface area contributed by atoms with Gasteiger partial charge in [-0.2, -0.15) is 0 Å². The highest BCUT2D eigenvalue weighted by Crippen LogP contribution is 2.18. The molecule has 0 saturated carbocycles. The minimum Gasteiger partial charge on any atom is -0.302 e. The molecule has 4 nitrogen and oxygen atoms in total. The molecule has 2 heterocycles. The van der Waals surface area contributed by atoms with Gasteiger partial charge in [-0.1, -0.05) is 44.9 Å². The first kappa shape index (κ1) is 19.7. The fourth-order valence-corrected chi connectivity index (χ4v) is 4.09. The van der Waals surface area contributed by atoms with Gasteiger partial charge < -0.3 is 4.90 Å². The van der Waals surface area contributed by atoms with E-state index in [9.17, 15) is 0 Å². The third kappa shape index (κ3) is 7.08. The molecule has 0 atom stereocenters. The number of nitrogens with zero attached hydrogens (tertiary/aromatic N) is 4. The second-order valence-corrected chi connectivity index (χ2v) is 7.82. The smallest absolute Gasteiger partial charge is 0.188 e. The maximum Gasteiger partial charge on any atom is 0.188 e. The summed E-state index contributed by atoms with van der Waals surface area (Å²) in [6, 6.07) is 2.16. The average molecular weight is 351 g/mol. The molecule has 5 heteroatoms. The Morgan fingerprint density at radius 3 is 2.58 bits per heavy atom. The van der Waals surface area contributed by atoms with E-state index in [2.05, 4.69) is 41.6 Å². The van der Waals surface area contributed by atoms with Gasteiger partial charge in [0.2, 0.25) is 0 Å². The highest BCUT2D eigenvalue weighted by atomic mass is 32.2. The number of rotatable bonds is 9. The number of unbranched alkanes of at least 4 members (excludes halogenated alkanes) is 3. The van der Waals surface area contributed by atoms with Crippen LogP contribution < -0.4 is 0 Å². The number of hydrogen-bond donors (Lipinski definition) is 0. The van der Waals surface area contributed by atoms with Gasteiger partial charge in [0.15, 0.2) is 5.16 Å². The second kappa shape index (κ2) is 11.1. The molecule has 0 aliphatic carbocycles. The highest BCUT2D eigenvalue weighted by molar-refractivity contribution is 7.99. The molecule has 1 aromatic rings. The Morgan fingerprint density at radius 1 is 1.00 bits per heavy atom. The fourth-order valence-electron chi connectivity index (χ4n) is 3.17. The molecule has 0 spiro atoms. The van der Waals surface area contributed by atoms with Crippen LogP contribution in [0, 0.1) is 6.92 Å². The summed E-state index contributed by atoms with van der Waals surface area (Å²) in [5.74, 6) is 1.14. The zero-order valence-electron chi connectivity index (χ0n) is 15.8. The summed E-state index contributed by atoms with van der Waals surface area (Å²) in [6.07, 6.45) is 6.48. The van der Waals surface area contributed by atoms with E-state index < -0.39 is 0 Å². The first-order chi connectivity index (χ1) is 11.7. The van der Waals surface area contributed by atoms with Gasteiger partial charge in [-0.15, -0.1) is 0 Å². The Labute approximate surface area is 152 Å². The van der Waals surface area contributed by atoms with E-state index in [4.69, 9.17) is 4.98 Å². The van der Waals surface area contributed by atoms with Crippen LogP contribution in [0.25, 0.3) is 0 Å². The van der Waals surface area contributed by atoms with E-state index in [-0.39, 0.29) is 0 Å². The van der Waals surface area contributed by atoms with E-state index in [1.54, 1.807) is 0 Å². The van der Waals surface area contributed by atoms with E-state index >= 15 is 0 Å². The number of aryl methyl sites for hydroxylation is 1. The molecule has 1 aliphatic heterocycles. The normalized spacial score (nSPS) is 17.1. The van der Waals surface area contributed by atoms with Crippen LogP contribution in [0.3, 0.4) is 0 Å². The van der Waals surface area contributed by atoms with Gasteiger partial charge >= 0.3 is 0 Å². The second-order valence-electron chi connectivity index (χ2n) is 6.76. The quantitative estimate of drug-likeness (QED) is 0.382. The van der Waals surface area contributed by atoms with Crippen molar-refractivity contribution in [3.8, 4) is 0 Å². The van der Waals surface area contributed by atoms with Crippen LogP contribution in [0.5, 0.6) is 0 Å². The average Bonchev–Trinajstić information content (AvgIpc) is 2.79. The van der Waals surface area contributed by atoms with E-state index in [0.29, 0.717) is 0 Å². The minimum atomic E-state index is 0.963. The standard InChI is InChI=1S/C19H34N4S/c1-4-6-7-8-14-24-19-20-17(3)15-18(21-19)16-23-11-9-10-22(5-2)12-13-23/h15H,4-14,16H2,1-3H3. The number of likely N-dealkylation sites (N-methyl/N-ethyl adjacent to an activating group) is 1. The Bertz CT molecular complexity index is 480. The van der Waals surface area contributed by atoms with Crippen molar-refractivity contribution in [2.24, 2.45) is 0 Å². The summed E-state index contributed by atoms with van der Waals surface area (Å²) in [5.41, 5.74) is 2.28. The summed E-state index contributed by atoms with van der Waals surface area (Å²) < 4.78 is 0. The SMILES string of the molecule is CCCCCCSc1nc(C)cc(CN2CCCN(CC)CC2)n1. The largest absolute Gasteiger partial charge is 0.302 e. The first-order valence-corrected chi connectivity index (χ1v) is 10.6. The zero-order chi connectivity index (χ0) is 17.2. The van der Waals surface area contributed by atoms with E-state index in [1.165, 1.54) is 64.0 Å². The third-order valence-electron chi connectivity index (χ3n) is 4.63. The maximum absolute atomic E-state index is 4.81. The van der Waals surface area contributed by atoms with Gasteiger partial charge in [0.25, 0.3) is 0 Å². The molecule has 0 aromatic carbocycles. The van der Waals surface area contributed by atoms with Gasteiger partial charge in [-0.05, 0) is 45.5 Å².